The van der Waals surface area contributed by atoms with E-state index in [2.05, 4.69) is 20.1 Å². The fourth-order valence-electron chi connectivity index (χ4n) is 2.81. The van der Waals surface area contributed by atoms with Crippen molar-refractivity contribution in [3.63, 3.8) is 0 Å². The van der Waals surface area contributed by atoms with Crippen LogP contribution in [0.3, 0.4) is 0 Å². The summed E-state index contributed by atoms with van der Waals surface area (Å²) in [6, 6.07) is -2.20. The van der Waals surface area contributed by atoms with Gasteiger partial charge in [-0.25, -0.2) is 10.3 Å². The Morgan fingerprint density at radius 3 is 2.88 bits per heavy atom. The number of nitrogens with zero attached hydrogens (tertiary/aromatic N) is 5. The van der Waals surface area contributed by atoms with Crippen LogP contribution in [0.5, 0.6) is 0 Å². The molecule has 3 rings (SSSR count). The number of hydroxylamine groups is 3. The lowest BCUT2D eigenvalue weighted by Crippen LogP contribution is -2.49. The van der Waals surface area contributed by atoms with Crippen LogP contribution in [0.15, 0.2) is 6.20 Å². The average Bonchev–Trinajstić information content (AvgIpc) is 3.04. The highest BCUT2D eigenvalue weighted by Gasteiger charge is 2.49. The van der Waals surface area contributed by atoms with E-state index in [4.69, 9.17) is 9.39 Å². The van der Waals surface area contributed by atoms with Gasteiger partial charge in [0.05, 0.1) is 12.2 Å². The van der Waals surface area contributed by atoms with Gasteiger partial charge in [-0.2, -0.15) is 13.5 Å². The highest BCUT2D eigenvalue weighted by atomic mass is 32.3. The average molecular weight is 376 g/mol. The molecule has 2 atom stereocenters. The first-order chi connectivity index (χ1) is 11.7. The van der Waals surface area contributed by atoms with E-state index in [9.17, 15) is 18.0 Å². The van der Waals surface area contributed by atoms with E-state index in [0.29, 0.717) is 23.6 Å². The number of amides is 3. The van der Waals surface area contributed by atoms with Crippen LogP contribution in [-0.2, 0) is 38.0 Å². The molecule has 13 nitrogen and oxygen atoms in total. The number of fused-ring (bicyclic) bond motifs is 2. The molecule has 3 heterocycles. The molecule has 0 saturated carbocycles. The van der Waals surface area contributed by atoms with Gasteiger partial charge in [0, 0.05) is 13.6 Å². The lowest BCUT2D eigenvalue weighted by molar-refractivity contribution is -0.140. The lowest BCUT2D eigenvalue weighted by Gasteiger charge is -2.28. The fourth-order valence-corrected chi connectivity index (χ4v) is 3.20. The summed E-state index contributed by atoms with van der Waals surface area (Å²) in [5, 5.41) is 8.07. The van der Waals surface area contributed by atoms with E-state index in [1.807, 2.05) is 0 Å². The molecule has 25 heavy (non-hydrogen) atoms. The molecule has 2 fully saturated rings. The molecule has 2 saturated heterocycles. The molecule has 14 heteroatoms. The van der Waals surface area contributed by atoms with E-state index in [1.54, 1.807) is 13.2 Å². The molecule has 2 aliphatic heterocycles. The van der Waals surface area contributed by atoms with Crippen LogP contribution in [-0.4, -0.2) is 68.5 Å². The van der Waals surface area contributed by atoms with Crippen molar-refractivity contribution in [1.82, 2.24) is 30.4 Å². The molecule has 2 bridgehead atoms. The Balaban J connectivity index is 1.56. The molecule has 0 radical (unpaired) electrons. The first-order valence-corrected chi connectivity index (χ1v) is 8.65. The SMILES string of the molecule is Cn1cc(CONC(=O)[C@@H]2CCC3CN2C(=O)N3OS(=O)(=O)O)nn1. The van der Waals surface area contributed by atoms with Crippen LogP contribution < -0.4 is 5.48 Å². The standard InChI is InChI=1S/C11H16N6O7S/c1-15-4-7(12-14-15)6-23-13-10(18)9-3-2-8-5-16(9)11(19)17(8)24-25(20,21)22/h4,8-9H,2-3,5-6H2,1H3,(H,13,18)(H,20,21,22)/t8?,9-/m0/s1. The second-order valence-electron chi connectivity index (χ2n) is 5.65. The van der Waals surface area contributed by atoms with Gasteiger partial charge < -0.3 is 4.90 Å². The number of carbonyl (C=O) groups excluding carboxylic acids is 2. The molecule has 2 N–H and O–H groups in total. The summed E-state index contributed by atoms with van der Waals surface area (Å²) in [7, 11) is -3.13. The molecule has 138 valence electrons. The van der Waals surface area contributed by atoms with Crippen molar-refractivity contribution in [1.29, 1.82) is 0 Å². The molecular formula is C11H16N6O7S. The first kappa shape index (κ1) is 17.5. The van der Waals surface area contributed by atoms with Gasteiger partial charge in [0.15, 0.2) is 0 Å². The fraction of sp³-hybridized carbons (Fsp3) is 0.636. The van der Waals surface area contributed by atoms with E-state index in [1.165, 1.54) is 9.58 Å². The van der Waals surface area contributed by atoms with Gasteiger partial charge in [-0.05, 0) is 12.8 Å². The minimum absolute atomic E-state index is 0.000857. The quantitative estimate of drug-likeness (QED) is 0.439. The normalized spacial score (nSPS) is 23.2. The largest absolute Gasteiger partial charge is 0.418 e. The maximum absolute atomic E-state index is 12.2. The predicted molar refractivity (Wildman–Crippen MR) is 77.3 cm³/mol. The summed E-state index contributed by atoms with van der Waals surface area (Å²) >= 11 is 0. The zero-order valence-corrected chi connectivity index (χ0v) is 13.9. The summed E-state index contributed by atoms with van der Waals surface area (Å²) in [4.78, 5) is 30.6. The van der Waals surface area contributed by atoms with Crippen molar-refractivity contribution in [2.45, 2.75) is 31.5 Å². The minimum atomic E-state index is -4.82. The minimum Gasteiger partial charge on any atom is -0.309 e. The van der Waals surface area contributed by atoms with Crippen molar-refractivity contribution < 1.29 is 31.7 Å². The van der Waals surface area contributed by atoms with E-state index >= 15 is 0 Å². The molecular weight excluding hydrogens is 360 g/mol. The van der Waals surface area contributed by atoms with E-state index < -0.39 is 34.4 Å². The topological polar surface area (TPSA) is 156 Å². The third-order valence-electron chi connectivity index (χ3n) is 3.84. The Bertz CT molecular complexity index is 780. The number of hydrogen-bond acceptors (Lipinski definition) is 8. The van der Waals surface area contributed by atoms with Crippen LogP contribution in [0.25, 0.3) is 0 Å². The van der Waals surface area contributed by atoms with Crippen molar-refractivity contribution in [3.05, 3.63) is 11.9 Å². The van der Waals surface area contributed by atoms with Gasteiger partial charge in [0.2, 0.25) is 0 Å². The number of rotatable bonds is 6. The smallest absolute Gasteiger partial charge is 0.309 e. The second kappa shape index (κ2) is 6.55. The summed E-state index contributed by atoms with van der Waals surface area (Å²) in [5.74, 6) is -0.551. The summed E-state index contributed by atoms with van der Waals surface area (Å²) < 4.78 is 36.2. The Labute approximate surface area is 142 Å². The first-order valence-electron chi connectivity index (χ1n) is 7.28. The highest BCUT2D eigenvalue weighted by molar-refractivity contribution is 7.80. The number of aryl methyl sites for hydroxylation is 1. The zero-order chi connectivity index (χ0) is 18.2. The maximum atomic E-state index is 12.2. The van der Waals surface area contributed by atoms with Gasteiger partial charge >= 0.3 is 16.4 Å². The van der Waals surface area contributed by atoms with E-state index in [0.717, 1.165) is 0 Å². The monoisotopic (exact) mass is 376 g/mol. The maximum Gasteiger partial charge on any atom is 0.418 e. The van der Waals surface area contributed by atoms with Gasteiger partial charge in [0.1, 0.15) is 18.3 Å². The third kappa shape index (κ3) is 3.87. The Hall–Kier alpha value is -2.29. The van der Waals surface area contributed by atoms with Crippen LogP contribution in [0, 0.1) is 0 Å². The number of aromatic nitrogens is 3. The summed E-state index contributed by atoms with van der Waals surface area (Å²) in [6.07, 6.45) is 2.24. The Kier molecular flexibility index (Phi) is 4.59. The number of carbonyl (C=O) groups is 2. The summed E-state index contributed by atoms with van der Waals surface area (Å²) in [5.41, 5.74) is 2.75. The van der Waals surface area contributed by atoms with Crippen LogP contribution in [0.1, 0.15) is 18.5 Å². The van der Waals surface area contributed by atoms with Crippen LogP contribution in [0.4, 0.5) is 4.79 Å². The molecule has 1 aromatic rings. The van der Waals surface area contributed by atoms with Crippen LogP contribution in [0.2, 0.25) is 0 Å². The molecule has 1 aromatic heterocycles. The summed E-state index contributed by atoms with van der Waals surface area (Å²) in [6.45, 7) is 0.109. The number of nitrogens with one attached hydrogen (secondary N) is 1. The van der Waals surface area contributed by atoms with Crippen molar-refractivity contribution in [3.8, 4) is 0 Å². The molecule has 0 aliphatic carbocycles. The van der Waals surface area contributed by atoms with Crippen LogP contribution >= 0.6 is 0 Å². The number of urea groups is 1. The van der Waals surface area contributed by atoms with Crippen molar-refractivity contribution in [2.24, 2.45) is 7.05 Å². The zero-order valence-electron chi connectivity index (χ0n) is 13.1. The van der Waals surface area contributed by atoms with Crippen molar-refractivity contribution >= 4 is 22.3 Å². The molecule has 1 unspecified atom stereocenters. The van der Waals surface area contributed by atoms with Crippen molar-refractivity contribution in [2.75, 3.05) is 6.54 Å². The van der Waals surface area contributed by atoms with Gasteiger partial charge in [0.25, 0.3) is 5.91 Å². The van der Waals surface area contributed by atoms with Gasteiger partial charge in [-0.15, -0.1) is 9.38 Å². The number of hydrogen-bond donors (Lipinski definition) is 2. The molecule has 0 spiro atoms. The number of piperidine rings is 1. The second-order valence-corrected chi connectivity index (χ2v) is 6.65. The Morgan fingerprint density at radius 2 is 2.24 bits per heavy atom. The van der Waals surface area contributed by atoms with Gasteiger partial charge in [-0.1, -0.05) is 5.21 Å². The third-order valence-corrected chi connectivity index (χ3v) is 4.19. The van der Waals surface area contributed by atoms with E-state index in [-0.39, 0.29) is 13.2 Å². The highest BCUT2D eigenvalue weighted by Crippen LogP contribution is 2.30. The predicted octanol–water partition coefficient (Wildman–Crippen LogP) is -1.63. The lowest BCUT2D eigenvalue weighted by atomic mass is 10.0. The Morgan fingerprint density at radius 1 is 1.48 bits per heavy atom. The molecule has 3 amide bonds. The van der Waals surface area contributed by atoms with Gasteiger partial charge in [-0.3, -0.25) is 18.9 Å². The molecule has 2 aliphatic rings. The molecule has 0 aromatic carbocycles.